The molecule has 0 unspecified atom stereocenters. The monoisotopic (exact) mass is 271 g/mol. The van der Waals surface area contributed by atoms with Crippen LogP contribution in [0.15, 0.2) is 36.7 Å². The minimum absolute atomic E-state index is 0.411. The molecule has 0 atom stereocenters. The summed E-state index contributed by atoms with van der Waals surface area (Å²) in [7, 11) is 2.11. The van der Waals surface area contributed by atoms with Crippen LogP contribution in [0.2, 0.25) is 0 Å². The van der Waals surface area contributed by atoms with Crippen LogP contribution >= 0.6 is 11.3 Å². The lowest BCUT2D eigenvalue weighted by atomic mass is 10.2. The Morgan fingerprint density at radius 3 is 2.95 bits per heavy atom. The molecule has 98 valence electrons. The summed E-state index contributed by atoms with van der Waals surface area (Å²) in [6.07, 6.45) is 3.70. The molecule has 0 aromatic carbocycles. The topological polar surface area (TPSA) is 42.2 Å². The minimum atomic E-state index is 0.411. The van der Waals surface area contributed by atoms with Crippen LogP contribution in [0.4, 0.5) is 0 Å². The lowest BCUT2D eigenvalue weighted by Crippen LogP contribution is -2.16. The normalized spacial score (nSPS) is 10.3. The number of nitrogens with two attached hydrogens (primary N) is 1. The summed E-state index contributed by atoms with van der Waals surface area (Å²) >= 11 is 1.73. The van der Waals surface area contributed by atoms with Crippen molar-refractivity contribution in [1.29, 1.82) is 0 Å². The molecule has 0 saturated heterocycles. The van der Waals surface area contributed by atoms with E-state index < -0.39 is 0 Å². The molecule has 0 aliphatic rings. The summed E-state index contributed by atoms with van der Waals surface area (Å²) in [4.78, 5) is 8.79. The largest absolute Gasteiger partial charge is 0.320 e. The first-order valence-corrected chi connectivity index (χ1v) is 6.94. The Morgan fingerprint density at radius 1 is 1.32 bits per heavy atom. The van der Waals surface area contributed by atoms with E-state index in [1.54, 1.807) is 17.5 Å². The van der Waals surface area contributed by atoms with Gasteiger partial charge in [-0.25, -0.2) is 0 Å². The Hall–Kier alpha value is -1.67. The van der Waals surface area contributed by atoms with Gasteiger partial charge in [0.1, 0.15) is 0 Å². The average molecular weight is 271 g/mol. The molecule has 2 rings (SSSR count). The maximum Gasteiger partial charge on any atom is 0.0772 e. The van der Waals surface area contributed by atoms with E-state index in [-0.39, 0.29) is 0 Å². The molecular formula is C15H17N3S. The summed E-state index contributed by atoms with van der Waals surface area (Å²) in [5, 5.41) is 0. The van der Waals surface area contributed by atoms with Crippen molar-refractivity contribution in [2.45, 2.75) is 13.1 Å². The highest BCUT2D eigenvalue weighted by Gasteiger charge is 2.04. The van der Waals surface area contributed by atoms with Gasteiger partial charge in [0.15, 0.2) is 0 Å². The smallest absolute Gasteiger partial charge is 0.0772 e. The zero-order valence-corrected chi connectivity index (χ0v) is 11.8. The van der Waals surface area contributed by atoms with Crippen molar-refractivity contribution in [1.82, 2.24) is 9.88 Å². The maximum absolute atomic E-state index is 5.37. The third-order valence-electron chi connectivity index (χ3n) is 2.58. The van der Waals surface area contributed by atoms with Crippen molar-refractivity contribution in [3.05, 3.63) is 52.0 Å². The van der Waals surface area contributed by atoms with Crippen LogP contribution in [0.1, 0.15) is 15.3 Å². The van der Waals surface area contributed by atoms with Crippen LogP contribution in [-0.2, 0) is 13.1 Å². The molecule has 0 fully saturated rings. The first-order chi connectivity index (χ1) is 9.28. The highest BCUT2D eigenvalue weighted by atomic mass is 32.1. The van der Waals surface area contributed by atoms with Crippen LogP contribution in [0.3, 0.4) is 0 Å². The fourth-order valence-electron chi connectivity index (χ4n) is 1.79. The molecule has 0 radical (unpaired) electrons. The number of thiophene rings is 1. The van der Waals surface area contributed by atoms with Gasteiger partial charge in [-0.2, -0.15) is 0 Å². The Morgan fingerprint density at radius 2 is 2.21 bits per heavy atom. The number of pyridine rings is 1. The van der Waals surface area contributed by atoms with Gasteiger partial charge in [-0.05, 0) is 30.8 Å². The van der Waals surface area contributed by atoms with E-state index in [1.165, 1.54) is 10.4 Å². The highest BCUT2D eigenvalue weighted by Crippen LogP contribution is 2.17. The number of hydrogen-bond donors (Lipinski definition) is 1. The van der Waals surface area contributed by atoms with Crippen molar-refractivity contribution in [3.8, 4) is 11.8 Å². The Bertz CT molecular complexity index is 566. The summed E-state index contributed by atoms with van der Waals surface area (Å²) in [6.45, 7) is 2.23. The number of nitrogens with zero attached hydrogens (tertiary/aromatic N) is 2. The predicted octanol–water partition coefficient (Wildman–Crippen LogP) is 2.09. The van der Waals surface area contributed by atoms with E-state index in [0.717, 1.165) is 18.0 Å². The van der Waals surface area contributed by atoms with E-state index in [2.05, 4.69) is 47.0 Å². The van der Waals surface area contributed by atoms with Crippen LogP contribution in [-0.4, -0.2) is 23.5 Å². The third-order valence-corrected chi connectivity index (χ3v) is 3.56. The molecule has 3 nitrogen and oxygen atoms in total. The van der Waals surface area contributed by atoms with Gasteiger partial charge in [-0.1, -0.05) is 17.9 Å². The fraction of sp³-hybridized carbons (Fsp3) is 0.267. The van der Waals surface area contributed by atoms with Gasteiger partial charge in [0.2, 0.25) is 0 Å². The van der Waals surface area contributed by atoms with Gasteiger partial charge >= 0.3 is 0 Å². The number of hydrogen-bond acceptors (Lipinski definition) is 4. The molecule has 2 aromatic heterocycles. The summed E-state index contributed by atoms with van der Waals surface area (Å²) in [5.41, 5.74) is 6.59. The lowest BCUT2D eigenvalue weighted by molar-refractivity contribution is 0.321. The lowest BCUT2D eigenvalue weighted by Gasteiger charge is -2.15. The van der Waals surface area contributed by atoms with E-state index in [4.69, 9.17) is 5.73 Å². The van der Waals surface area contributed by atoms with Crippen molar-refractivity contribution < 1.29 is 0 Å². The van der Waals surface area contributed by atoms with E-state index >= 15 is 0 Å². The maximum atomic E-state index is 5.37. The minimum Gasteiger partial charge on any atom is -0.320 e. The molecular weight excluding hydrogens is 254 g/mol. The first kappa shape index (κ1) is 13.8. The highest BCUT2D eigenvalue weighted by molar-refractivity contribution is 7.12. The number of aromatic nitrogens is 1. The van der Waals surface area contributed by atoms with E-state index in [1.807, 2.05) is 12.3 Å². The van der Waals surface area contributed by atoms with Crippen molar-refractivity contribution >= 4 is 11.3 Å². The zero-order valence-electron chi connectivity index (χ0n) is 11.0. The predicted molar refractivity (Wildman–Crippen MR) is 79.7 cm³/mol. The molecule has 2 heterocycles. The Kier molecular flexibility index (Phi) is 5.10. The van der Waals surface area contributed by atoms with Gasteiger partial charge in [0.25, 0.3) is 0 Å². The second kappa shape index (κ2) is 7.05. The molecule has 19 heavy (non-hydrogen) atoms. The standard InChI is InChI=1S/C15H17N3S/c1-18(11-13-4-3-9-17-10-13)12-15-7-6-14(19-15)5-2-8-16/h3-4,6-7,9-10H,8,11-12,16H2,1H3. The van der Waals surface area contributed by atoms with Gasteiger partial charge in [0.05, 0.1) is 11.4 Å². The molecule has 0 saturated carbocycles. The van der Waals surface area contributed by atoms with Crippen LogP contribution in [0, 0.1) is 11.8 Å². The second-order valence-corrected chi connectivity index (χ2v) is 5.47. The van der Waals surface area contributed by atoms with Crippen LogP contribution in [0.25, 0.3) is 0 Å². The zero-order chi connectivity index (χ0) is 13.5. The van der Waals surface area contributed by atoms with Crippen LogP contribution in [0.5, 0.6) is 0 Å². The van der Waals surface area contributed by atoms with Crippen molar-refractivity contribution in [2.75, 3.05) is 13.6 Å². The quantitative estimate of drug-likeness (QED) is 0.866. The molecule has 0 aliphatic carbocycles. The van der Waals surface area contributed by atoms with Gasteiger partial charge < -0.3 is 5.73 Å². The average Bonchev–Trinajstić information content (AvgIpc) is 2.85. The van der Waals surface area contributed by atoms with Gasteiger partial charge in [-0.15, -0.1) is 11.3 Å². The molecule has 2 aromatic rings. The Balaban J connectivity index is 1.92. The molecule has 0 spiro atoms. The summed E-state index contributed by atoms with van der Waals surface area (Å²) < 4.78 is 0. The third kappa shape index (κ3) is 4.49. The SMILES string of the molecule is CN(Cc1cccnc1)Cc1ccc(C#CCN)s1. The van der Waals surface area contributed by atoms with Crippen LogP contribution < -0.4 is 5.73 Å². The molecule has 0 amide bonds. The van der Waals surface area contributed by atoms with Crippen molar-refractivity contribution in [3.63, 3.8) is 0 Å². The van der Waals surface area contributed by atoms with Gasteiger partial charge in [-0.3, -0.25) is 9.88 Å². The fourth-order valence-corrected chi connectivity index (χ4v) is 2.76. The molecule has 2 N–H and O–H groups in total. The molecule has 0 aliphatic heterocycles. The van der Waals surface area contributed by atoms with E-state index in [9.17, 15) is 0 Å². The molecule has 4 heteroatoms. The summed E-state index contributed by atoms with van der Waals surface area (Å²) in [6, 6.07) is 8.25. The molecule has 0 bridgehead atoms. The number of rotatable bonds is 4. The van der Waals surface area contributed by atoms with Gasteiger partial charge in [0, 0.05) is 30.4 Å². The van der Waals surface area contributed by atoms with Crippen molar-refractivity contribution in [2.24, 2.45) is 5.73 Å². The second-order valence-electron chi connectivity index (χ2n) is 4.31. The van der Waals surface area contributed by atoms with E-state index in [0.29, 0.717) is 6.54 Å². The summed E-state index contributed by atoms with van der Waals surface area (Å²) in [5.74, 6) is 5.94. The first-order valence-electron chi connectivity index (χ1n) is 6.13. The Labute approximate surface area is 118 Å².